The number of nitrogens with one attached hydrogen (secondary N) is 1. The number of aldehydes is 1. The van der Waals surface area contributed by atoms with E-state index in [4.69, 9.17) is 14.2 Å². The van der Waals surface area contributed by atoms with E-state index in [9.17, 15) is 19.2 Å². The minimum absolute atomic E-state index is 0.0728. The number of fused-ring (bicyclic) bond motifs is 3. The van der Waals surface area contributed by atoms with Crippen molar-refractivity contribution in [2.75, 3.05) is 6.61 Å². The van der Waals surface area contributed by atoms with Crippen molar-refractivity contribution < 1.29 is 33.4 Å². The molecule has 1 aliphatic rings. The zero-order chi connectivity index (χ0) is 35.6. The molecule has 0 saturated carbocycles. The third-order valence-electron chi connectivity index (χ3n) is 8.18. The largest absolute Gasteiger partial charge is 0.460 e. The standard InChI is InChI=1S/C41H47NO7/c1-27(2)24-36(42-40(46)47-26-35-33-14-9-7-12-31(33)32-13-8-10-15-34(32)35)39(45)48-37(16-11-17-38(44)49-41(4,5)6)28(3)18-19-29-20-22-30(25-43)23-21-29/h7-15,17-23,25,27-28,35-37H,16,24,26H2,1-6H3,(H,42,46)/b17-11+,19-18+. The van der Waals surface area contributed by atoms with Crippen molar-refractivity contribution in [3.8, 4) is 11.1 Å². The van der Waals surface area contributed by atoms with Crippen LogP contribution in [0.2, 0.25) is 0 Å². The van der Waals surface area contributed by atoms with Crippen molar-refractivity contribution >= 4 is 30.4 Å². The van der Waals surface area contributed by atoms with Gasteiger partial charge in [0, 0.05) is 29.9 Å². The molecular formula is C41H47NO7. The van der Waals surface area contributed by atoms with Crippen LogP contribution in [-0.2, 0) is 23.8 Å². The number of carbonyl (C=O) groups excluding carboxylic acids is 4. The molecule has 49 heavy (non-hydrogen) atoms. The molecule has 4 rings (SSSR count). The van der Waals surface area contributed by atoms with Crippen LogP contribution in [0.4, 0.5) is 4.79 Å². The Kier molecular flexibility index (Phi) is 12.7. The Bertz CT molecular complexity index is 1620. The fourth-order valence-electron chi connectivity index (χ4n) is 5.78. The predicted molar refractivity (Wildman–Crippen MR) is 191 cm³/mol. The molecule has 3 atom stereocenters. The third-order valence-corrected chi connectivity index (χ3v) is 8.18. The van der Waals surface area contributed by atoms with E-state index < -0.39 is 35.8 Å². The topological polar surface area (TPSA) is 108 Å². The van der Waals surface area contributed by atoms with Gasteiger partial charge in [0.15, 0.2) is 0 Å². The smallest absolute Gasteiger partial charge is 0.407 e. The van der Waals surface area contributed by atoms with Crippen molar-refractivity contribution in [1.82, 2.24) is 5.32 Å². The number of hydrogen-bond donors (Lipinski definition) is 1. The number of rotatable bonds is 14. The van der Waals surface area contributed by atoms with Gasteiger partial charge in [-0.2, -0.15) is 0 Å². The predicted octanol–water partition coefficient (Wildman–Crippen LogP) is 8.30. The van der Waals surface area contributed by atoms with Crippen molar-refractivity contribution in [3.05, 3.63) is 113 Å². The summed E-state index contributed by atoms with van der Waals surface area (Å²) in [6, 6.07) is 22.4. The molecular weight excluding hydrogens is 618 g/mol. The zero-order valence-corrected chi connectivity index (χ0v) is 29.2. The summed E-state index contributed by atoms with van der Waals surface area (Å²) in [5.41, 5.74) is 5.25. The second-order valence-corrected chi connectivity index (χ2v) is 13.8. The molecule has 1 aliphatic carbocycles. The number of hydrogen-bond acceptors (Lipinski definition) is 7. The first-order valence-corrected chi connectivity index (χ1v) is 16.8. The Morgan fingerprint density at radius 1 is 0.857 bits per heavy atom. The lowest BCUT2D eigenvalue weighted by molar-refractivity contribution is -0.153. The van der Waals surface area contributed by atoms with Gasteiger partial charge in [0.1, 0.15) is 30.6 Å². The summed E-state index contributed by atoms with van der Waals surface area (Å²) in [7, 11) is 0. The lowest BCUT2D eigenvalue weighted by Gasteiger charge is -2.26. The molecule has 0 aromatic heterocycles. The highest BCUT2D eigenvalue weighted by Crippen LogP contribution is 2.44. The van der Waals surface area contributed by atoms with Gasteiger partial charge in [0.05, 0.1) is 0 Å². The number of esters is 2. The van der Waals surface area contributed by atoms with Gasteiger partial charge in [-0.25, -0.2) is 14.4 Å². The molecule has 3 aromatic carbocycles. The van der Waals surface area contributed by atoms with Crippen LogP contribution < -0.4 is 5.32 Å². The summed E-state index contributed by atoms with van der Waals surface area (Å²) in [5, 5.41) is 2.76. The van der Waals surface area contributed by atoms with Crippen LogP contribution in [0.3, 0.4) is 0 Å². The van der Waals surface area contributed by atoms with Crippen LogP contribution in [0.1, 0.15) is 87.4 Å². The fraction of sp³-hybridized carbons (Fsp3) is 0.366. The van der Waals surface area contributed by atoms with Gasteiger partial charge in [-0.05, 0) is 60.9 Å². The van der Waals surface area contributed by atoms with E-state index in [0.717, 1.165) is 34.1 Å². The summed E-state index contributed by atoms with van der Waals surface area (Å²) in [4.78, 5) is 50.2. The van der Waals surface area contributed by atoms with E-state index in [0.29, 0.717) is 12.0 Å². The molecule has 8 nitrogen and oxygen atoms in total. The molecule has 0 aliphatic heterocycles. The third kappa shape index (κ3) is 10.8. The summed E-state index contributed by atoms with van der Waals surface area (Å²) < 4.78 is 17.2. The minimum atomic E-state index is -0.944. The lowest BCUT2D eigenvalue weighted by atomic mass is 9.98. The van der Waals surface area contributed by atoms with E-state index in [-0.39, 0.29) is 30.8 Å². The van der Waals surface area contributed by atoms with Crippen LogP contribution in [0, 0.1) is 11.8 Å². The van der Waals surface area contributed by atoms with Gasteiger partial charge in [0.25, 0.3) is 0 Å². The Morgan fingerprint density at radius 3 is 2.02 bits per heavy atom. The SMILES string of the molecule is CC(C)CC(NC(=O)OCC1c2ccccc2-c2ccccc21)C(=O)OC(C/C=C/C(=O)OC(C)(C)C)C(C)/C=C/c1ccc(C=O)cc1. The molecule has 1 N–H and O–H groups in total. The van der Waals surface area contributed by atoms with Gasteiger partial charge in [-0.3, -0.25) is 4.79 Å². The molecule has 0 saturated heterocycles. The molecule has 8 heteroatoms. The molecule has 1 amide bonds. The number of alkyl carbamates (subject to hydrolysis) is 1. The first-order chi connectivity index (χ1) is 23.3. The number of carbonyl (C=O) groups is 4. The maximum atomic E-state index is 13.7. The van der Waals surface area contributed by atoms with E-state index in [2.05, 4.69) is 17.4 Å². The highest BCUT2D eigenvalue weighted by atomic mass is 16.6. The van der Waals surface area contributed by atoms with Crippen molar-refractivity contribution in [3.63, 3.8) is 0 Å². The maximum absolute atomic E-state index is 13.7. The zero-order valence-electron chi connectivity index (χ0n) is 29.2. The van der Waals surface area contributed by atoms with E-state index in [1.807, 2.05) is 81.5 Å². The average molecular weight is 666 g/mol. The summed E-state index contributed by atoms with van der Waals surface area (Å²) >= 11 is 0. The van der Waals surface area contributed by atoms with Gasteiger partial charge in [0.2, 0.25) is 0 Å². The highest BCUT2D eigenvalue weighted by molar-refractivity contribution is 5.83. The van der Waals surface area contributed by atoms with Crippen molar-refractivity contribution in [2.45, 2.75) is 78.0 Å². The molecule has 0 spiro atoms. The molecule has 0 fully saturated rings. The van der Waals surface area contributed by atoms with Crippen LogP contribution in [0.5, 0.6) is 0 Å². The quantitative estimate of drug-likeness (QED) is 0.0799. The van der Waals surface area contributed by atoms with Crippen LogP contribution >= 0.6 is 0 Å². The molecule has 0 heterocycles. The monoisotopic (exact) mass is 665 g/mol. The summed E-state index contributed by atoms with van der Waals surface area (Å²) in [5.74, 6) is -1.40. The maximum Gasteiger partial charge on any atom is 0.407 e. The first-order valence-electron chi connectivity index (χ1n) is 16.8. The van der Waals surface area contributed by atoms with Gasteiger partial charge < -0.3 is 19.5 Å². The Balaban J connectivity index is 1.45. The molecule has 3 unspecified atom stereocenters. The van der Waals surface area contributed by atoms with Crippen LogP contribution in [0.25, 0.3) is 17.2 Å². The van der Waals surface area contributed by atoms with E-state index in [1.165, 1.54) is 6.08 Å². The summed E-state index contributed by atoms with van der Waals surface area (Å²) in [6.45, 7) is 11.3. The average Bonchev–Trinajstić information content (AvgIpc) is 3.38. The Hall–Kier alpha value is -4.98. The number of benzene rings is 3. The second kappa shape index (κ2) is 16.9. The lowest BCUT2D eigenvalue weighted by Crippen LogP contribution is -2.44. The molecule has 0 radical (unpaired) electrons. The fourth-order valence-corrected chi connectivity index (χ4v) is 5.78. The molecule has 0 bridgehead atoms. The van der Waals surface area contributed by atoms with E-state index >= 15 is 0 Å². The summed E-state index contributed by atoms with van der Waals surface area (Å²) in [6.07, 6.45) is 6.77. The minimum Gasteiger partial charge on any atom is -0.460 e. The molecule has 3 aromatic rings. The van der Waals surface area contributed by atoms with Crippen LogP contribution in [0.15, 0.2) is 91.0 Å². The highest BCUT2D eigenvalue weighted by Gasteiger charge is 2.31. The number of amides is 1. The molecule has 258 valence electrons. The normalized spacial score (nSPS) is 14.6. The van der Waals surface area contributed by atoms with Gasteiger partial charge in [-0.1, -0.05) is 112 Å². The van der Waals surface area contributed by atoms with E-state index in [1.54, 1.807) is 39.0 Å². The number of ether oxygens (including phenoxy) is 3. The van der Waals surface area contributed by atoms with Crippen molar-refractivity contribution in [2.24, 2.45) is 11.8 Å². The van der Waals surface area contributed by atoms with Crippen LogP contribution in [-0.4, -0.2) is 48.7 Å². The Morgan fingerprint density at radius 2 is 1.45 bits per heavy atom. The van der Waals surface area contributed by atoms with Gasteiger partial charge >= 0.3 is 18.0 Å². The van der Waals surface area contributed by atoms with Crippen molar-refractivity contribution in [1.29, 1.82) is 0 Å². The Labute approximate surface area is 289 Å². The van der Waals surface area contributed by atoms with Gasteiger partial charge in [-0.15, -0.1) is 0 Å². The first kappa shape index (κ1) is 36.8. The second-order valence-electron chi connectivity index (χ2n) is 13.8.